The summed E-state index contributed by atoms with van der Waals surface area (Å²) in [6.07, 6.45) is -0.924. The third-order valence-corrected chi connectivity index (χ3v) is 7.59. The highest BCUT2D eigenvalue weighted by Gasteiger charge is 2.38. The second-order valence-electron chi connectivity index (χ2n) is 7.87. The molecule has 0 radical (unpaired) electrons. The number of alkyl halides is 5. The lowest BCUT2D eigenvalue weighted by Gasteiger charge is -2.26. The number of pyridine rings is 1. The molecule has 2 aromatic rings. The molecule has 2 heterocycles. The summed E-state index contributed by atoms with van der Waals surface area (Å²) in [5, 5.41) is 2.73. The number of thioether (sulfide) groups is 1. The van der Waals surface area contributed by atoms with Crippen LogP contribution in [0.3, 0.4) is 0 Å². The number of benzene rings is 1. The highest BCUT2D eigenvalue weighted by molar-refractivity contribution is 7.98. The van der Waals surface area contributed by atoms with Crippen molar-refractivity contribution >= 4 is 52.4 Å². The molecular weight excluding hydrogens is 482 g/mol. The molecule has 1 aromatic carbocycles. The molecule has 0 saturated carbocycles. The lowest BCUT2D eigenvalue weighted by Crippen LogP contribution is -2.30. The molecule has 1 aliphatic heterocycles. The fraction of sp³-hybridized carbons (Fsp3) is 0.455. The van der Waals surface area contributed by atoms with E-state index >= 15 is 0 Å². The van der Waals surface area contributed by atoms with Crippen LogP contribution >= 0.6 is 35.0 Å². The van der Waals surface area contributed by atoms with Crippen molar-refractivity contribution in [2.75, 3.05) is 29.6 Å². The minimum atomic E-state index is -4.63. The van der Waals surface area contributed by atoms with Crippen molar-refractivity contribution < 1.29 is 18.0 Å². The molecule has 1 fully saturated rings. The molecule has 1 amide bonds. The minimum Gasteiger partial charge on any atom is -0.356 e. The van der Waals surface area contributed by atoms with Gasteiger partial charge in [0.15, 0.2) is 0 Å². The molecule has 1 saturated heterocycles. The number of nitrogens with one attached hydrogen (secondary N) is 1. The van der Waals surface area contributed by atoms with Gasteiger partial charge in [-0.3, -0.25) is 4.79 Å². The normalized spacial score (nSPS) is 18.9. The van der Waals surface area contributed by atoms with Gasteiger partial charge in [-0.2, -0.15) is 13.2 Å². The Morgan fingerprint density at radius 1 is 1.31 bits per heavy atom. The molecule has 10 heteroatoms. The lowest BCUT2D eigenvalue weighted by molar-refractivity contribution is -0.138. The van der Waals surface area contributed by atoms with E-state index in [-0.39, 0.29) is 22.9 Å². The van der Waals surface area contributed by atoms with Crippen molar-refractivity contribution in [3.05, 3.63) is 47.2 Å². The molecule has 0 aliphatic carbocycles. The van der Waals surface area contributed by atoms with Crippen LogP contribution in [0, 0.1) is 12.8 Å². The van der Waals surface area contributed by atoms with E-state index in [1.807, 2.05) is 19.2 Å². The van der Waals surface area contributed by atoms with Crippen LogP contribution in [0.5, 0.6) is 0 Å². The summed E-state index contributed by atoms with van der Waals surface area (Å²) < 4.78 is 39.8. The van der Waals surface area contributed by atoms with Crippen LogP contribution in [0.25, 0.3) is 0 Å². The zero-order chi connectivity index (χ0) is 23.7. The number of hydrogen-bond donors (Lipinski definition) is 1. The second kappa shape index (κ2) is 9.69. The predicted molar refractivity (Wildman–Crippen MR) is 125 cm³/mol. The number of hydrogen-bond acceptors (Lipinski definition) is 4. The highest BCUT2D eigenvalue weighted by atomic mass is 35.5. The van der Waals surface area contributed by atoms with E-state index in [4.69, 9.17) is 23.2 Å². The fourth-order valence-corrected chi connectivity index (χ4v) is 4.54. The number of carbonyl (C=O) groups is 1. The standard InChI is InChI=1S/C22H24Cl2F3N3OS/c1-13-7-9-30(10-8-21(13,23)24)19-18(14(2)17(12-28-19)22(25,26)27)20(31)29-15-5-4-6-16(11-15)32-3/h4-6,11-13H,7-10H2,1-3H3,(H,29,31). The van der Waals surface area contributed by atoms with Crippen molar-refractivity contribution in [1.82, 2.24) is 4.98 Å². The number of amides is 1. The lowest BCUT2D eigenvalue weighted by atomic mass is 10.0. The third-order valence-electron chi connectivity index (χ3n) is 5.75. The van der Waals surface area contributed by atoms with E-state index in [0.29, 0.717) is 31.6 Å². The number of nitrogens with zero attached hydrogens (tertiary/aromatic N) is 2. The molecule has 1 unspecified atom stereocenters. The van der Waals surface area contributed by atoms with E-state index < -0.39 is 22.0 Å². The van der Waals surface area contributed by atoms with E-state index in [1.165, 1.54) is 18.7 Å². The number of aromatic nitrogens is 1. The Morgan fingerprint density at radius 2 is 2.03 bits per heavy atom. The quantitative estimate of drug-likeness (QED) is 0.366. The summed E-state index contributed by atoms with van der Waals surface area (Å²) >= 11 is 14.3. The van der Waals surface area contributed by atoms with E-state index in [9.17, 15) is 18.0 Å². The van der Waals surface area contributed by atoms with Gasteiger partial charge in [-0.05, 0) is 55.7 Å². The molecule has 3 rings (SSSR count). The van der Waals surface area contributed by atoms with E-state index in [2.05, 4.69) is 10.3 Å². The summed E-state index contributed by atoms with van der Waals surface area (Å²) in [6, 6.07) is 7.11. The summed E-state index contributed by atoms with van der Waals surface area (Å²) in [4.78, 5) is 20.1. The van der Waals surface area contributed by atoms with E-state index in [0.717, 1.165) is 11.1 Å². The first kappa shape index (κ1) is 25.0. The highest BCUT2D eigenvalue weighted by Crippen LogP contribution is 2.40. The Kier molecular flexibility index (Phi) is 7.57. The Balaban J connectivity index is 2.04. The van der Waals surface area contributed by atoms with Crippen molar-refractivity contribution in [3.63, 3.8) is 0 Å². The second-order valence-corrected chi connectivity index (χ2v) is 10.3. The molecule has 1 N–H and O–H groups in total. The number of rotatable bonds is 4. The zero-order valence-electron chi connectivity index (χ0n) is 17.9. The van der Waals surface area contributed by atoms with Gasteiger partial charge >= 0.3 is 6.18 Å². The summed E-state index contributed by atoms with van der Waals surface area (Å²) in [5.41, 5.74) is -0.703. The van der Waals surface area contributed by atoms with Gasteiger partial charge < -0.3 is 10.2 Å². The molecule has 0 bridgehead atoms. The zero-order valence-corrected chi connectivity index (χ0v) is 20.2. The van der Waals surface area contributed by atoms with Crippen LogP contribution in [-0.2, 0) is 6.18 Å². The van der Waals surface area contributed by atoms with Gasteiger partial charge in [-0.25, -0.2) is 4.98 Å². The number of carbonyl (C=O) groups excluding carboxylic acids is 1. The van der Waals surface area contributed by atoms with Gasteiger partial charge in [0.1, 0.15) is 10.2 Å². The molecule has 174 valence electrons. The van der Waals surface area contributed by atoms with Gasteiger partial charge in [-0.15, -0.1) is 35.0 Å². The predicted octanol–water partition coefficient (Wildman–Crippen LogP) is 6.79. The molecule has 1 atom stereocenters. The van der Waals surface area contributed by atoms with Crippen molar-refractivity contribution in [3.8, 4) is 0 Å². The largest absolute Gasteiger partial charge is 0.418 e. The van der Waals surface area contributed by atoms with Crippen LogP contribution in [0.2, 0.25) is 0 Å². The summed E-state index contributed by atoms with van der Waals surface area (Å²) in [6.45, 7) is 4.08. The monoisotopic (exact) mass is 505 g/mol. The van der Waals surface area contributed by atoms with Crippen molar-refractivity contribution in [1.29, 1.82) is 0 Å². The van der Waals surface area contributed by atoms with Gasteiger partial charge in [0, 0.05) is 29.9 Å². The maximum Gasteiger partial charge on any atom is 0.418 e. The van der Waals surface area contributed by atoms with Crippen molar-refractivity contribution in [2.24, 2.45) is 5.92 Å². The third kappa shape index (κ3) is 5.46. The van der Waals surface area contributed by atoms with Crippen LogP contribution in [0.1, 0.15) is 41.3 Å². The minimum absolute atomic E-state index is 0.0158. The SMILES string of the molecule is CSc1cccc(NC(=O)c2c(N3CCC(C)C(Cl)(Cl)CC3)ncc(C(F)(F)F)c2C)c1. The first-order chi connectivity index (χ1) is 14.9. The fourth-order valence-electron chi connectivity index (χ4n) is 3.70. The average Bonchev–Trinajstić information content (AvgIpc) is 2.85. The van der Waals surface area contributed by atoms with E-state index in [1.54, 1.807) is 23.1 Å². The topological polar surface area (TPSA) is 45.2 Å². The average molecular weight is 506 g/mol. The Hall–Kier alpha value is -1.64. The molecule has 4 nitrogen and oxygen atoms in total. The molecular formula is C22H24Cl2F3N3OS. The summed E-state index contributed by atoms with van der Waals surface area (Å²) in [5.74, 6) is -0.458. The maximum absolute atomic E-state index is 13.6. The molecule has 32 heavy (non-hydrogen) atoms. The number of halogens is 5. The smallest absolute Gasteiger partial charge is 0.356 e. The molecule has 1 aromatic heterocycles. The van der Waals surface area contributed by atoms with Crippen molar-refractivity contribution in [2.45, 2.75) is 42.1 Å². The maximum atomic E-state index is 13.6. The van der Waals surface area contributed by atoms with Crippen LogP contribution < -0.4 is 10.2 Å². The Labute approximate surface area is 199 Å². The molecule has 1 aliphatic rings. The van der Waals surface area contributed by atoms with Crippen LogP contribution in [0.15, 0.2) is 35.4 Å². The molecule has 0 spiro atoms. The number of anilines is 2. The van der Waals surface area contributed by atoms with Gasteiger partial charge in [-0.1, -0.05) is 13.0 Å². The Bertz CT molecular complexity index is 1000. The summed E-state index contributed by atoms with van der Waals surface area (Å²) in [7, 11) is 0. The van der Waals surface area contributed by atoms with Gasteiger partial charge in [0.25, 0.3) is 5.91 Å². The first-order valence-corrected chi connectivity index (χ1v) is 12.1. The Morgan fingerprint density at radius 3 is 2.69 bits per heavy atom. The first-order valence-electron chi connectivity index (χ1n) is 10.1. The van der Waals surface area contributed by atoms with Gasteiger partial charge in [0.05, 0.1) is 11.1 Å². The van der Waals surface area contributed by atoms with Crippen LogP contribution in [-0.4, -0.2) is 34.6 Å². The van der Waals surface area contributed by atoms with Gasteiger partial charge in [0.2, 0.25) is 0 Å². The van der Waals surface area contributed by atoms with Crippen LogP contribution in [0.4, 0.5) is 24.7 Å².